The topological polar surface area (TPSA) is 33.1 Å². The van der Waals surface area contributed by atoms with Crippen LogP contribution in [0.2, 0.25) is 0 Å². The first-order chi connectivity index (χ1) is 7.04. The van der Waals surface area contributed by atoms with E-state index in [-0.39, 0.29) is 12.0 Å². The summed E-state index contributed by atoms with van der Waals surface area (Å²) in [5.41, 5.74) is 2.03. The van der Waals surface area contributed by atoms with Crippen molar-refractivity contribution in [3.05, 3.63) is 28.8 Å². The molecule has 2 nitrogen and oxygen atoms in total. The Kier molecular flexibility index (Phi) is 2.52. The minimum absolute atomic E-state index is 0.156. The van der Waals surface area contributed by atoms with Crippen molar-refractivity contribution in [3.63, 3.8) is 0 Å². The Morgan fingerprint density at radius 2 is 2.13 bits per heavy atom. The van der Waals surface area contributed by atoms with Gasteiger partial charge in [0.15, 0.2) is 0 Å². The van der Waals surface area contributed by atoms with Gasteiger partial charge < -0.3 is 5.11 Å². The number of hydrogen-bond acceptors (Lipinski definition) is 3. The molecule has 0 spiro atoms. The van der Waals surface area contributed by atoms with Gasteiger partial charge in [0.1, 0.15) is 0 Å². The molecule has 0 radical (unpaired) electrons. The second-order valence-electron chi connectivity index (χ2n) is 4.43. The first-order valence-electron chi connectivity index (χ1n) is 5.02. The van der Waals surface area contributed by atoms with E-state index in [1.165, 1.54) is 10.3 Å². The molecule has 15 heavy (non-hydrogen) atoms. The van der Waals surface area contributed by atoms with Crippen LogP contribution in [-0.2, 0) is 5.41 Å². The van der Waals surface area contributed by atoms with Gasteiger partial charge in [-0.25, -0.2) is 4.98 Å². The Hall–Kier alpha value is -0.930. The molecule has 0 saturated carbocycles. The maximum Gasteiger partial charge on any atom is 0.0907 e. The summed E-state index contributed by atoms with van der Waals surface area (Å²) in [6.07, 6.45) is 0. The second kappa shape index (κ2) is 3.58. The van der Waals surface area contributed by atoms with E-state index < -0.39 is 0 Å². The van der Waals surface area contributed by atoms with Gasteiger partial charge in [-0.05, 0) is 18.6 Å². The summed E-state index contributed by atoms with van der Waals surface area (Å²) in [5.74, 6) is 0. The van der Waals surface area contributed by atoms with E-state index in [2.05, 4.69) is 24.9 Å². The zero-order valence-electron chi connectivity index (χ0n) is 9.24. The molecule has 1 aromatic heterocycles. The van der Waals surface area contributed by atoms with Crippen LogP contribution >= 0.6 is 11.3 Å². The maximum atomic E-state index is 9.40. The average molecular weight is 221 g/mol. The van der Waals surface area contributed by atoms with E-state index >= 15 is 0 Å². The number of benzene rings is 1. The standard InChI is InChI=1S/C12H15NOS/c1-8-13-10-6-4-5-9(11(10)15-8)12(2,3)7-14/h4-6,14H,7H2,1-3H3. The Morgan fingerprint density at radius 1 is 1.40 bits per heavy atom. The van der Waals surface area contributed by atoms with Crippen molar-refractivity contribution < 1.29 is 5.11 Å². The Labute approximate surface area is 93.6 Å². The summed E-state index contributed by atoms with van der Waals surface area (Å²) in [5, 5.41) is 10.5. The zero-order valence-corrected chi connectivity index (χ0v) is 10.1. The summed E-state index contributed by atoms with van der Waals surface area (Å²) in [6.45, 7) is 6.27. The molecule has 0 atom stereocenters. The molecule has 0 fully saturated rings. The summed E-state index contributed by atoms with van der Waals surface area (Å²) >= 11 is 1.70. The van der Waals surface area contributed by atoms with Gasteiger partial charge in [-0.3, -0.25) is 0 Å². The van der Waals surface area contributed by atoms with Gasteiger partial charge in [0.25, 0.3) is 0 Å². The third-order valence-corrected chi connectivity index (χ3v) is 3.67. The van der Waals surface area contributed by atoms with E-state index in [4.69, 9.17) is 0 Å². The van der Waals surface area contributed by atoms with Gasteiger partial charge in [-0.15, -0.1) is 11.3 Å². The largest absolute Gasteiger partial charge is 0.395 e. The SMILES string of the molecule is Cc1nc2cccc(C(C)(C)CO)c2s1. The molecule has 0 unspecified atom stereocenters. The summed E-state index contributed by atoms with van der Waals surface area (Å²) in [6, 6.07) is 6.11. The van der Waals surface area contributed by atoms with E-state index in [0.29, 0.717) is 0 Å². The molecular weight excluding hydrogens is 206 g/mol. The molecular formula is C12H15NOS. The highest BCUT2D eigenvalue weighted by Gasteiger charge is 2.22. The molecule has 1 N–H and O–H groups in total. The molecule has 2 rings (SSSR count). The van der Waals surface area contributed by atoms with E-state index in [9.17, 15) is 5.11 Å². The Morgan fingerprint density at radius 3 is 2.80 bits per heavy atom. The number of rotatable bonds is 2. The Balaban J connectivity index is 2.70. The lowest BCUT2D eigenvalue weighted by Crippen LogP contribution is -2.21. The van der Waals surface area contributed by atoms with Gasteiger partial charge in [0, 0.05) is 5.41 Å². The van der Waals surface area contributed by atoms with Crippen LogP contribution in [0.1, 0.15) is 24.4 Å². The summed E-state index contributed by atoms with van der Waals surface area (Å²) in [4.78, 5) is 4.46. The van der Waals surface area contributed by atoms with Gasteiger partial charge in [-0.2, -0.15) is 0 Å². The summed E-state index contributed by atoms with van der Waals surface area (Å²) in [7, 11) is 0. The summed E-state index contributed by atoms with van der Waals surface area (Å²) < 4.78 is 1.20. The van der Waals surface area contributed by atoms with Crippen LogP contribution in [0, 0.1) is 6.92 Å². The lowest BCUT2D eigenvalue weighted by Gasteiger charge is -2.22. The van der Waals surface area contributed by atoms with Gasteiger partial charge >= 0.3 is 0 Å². The molecule has 2 aromatic rings. The first-order valence-corrected chi connectivity index (χ1v) is 5.84. The molecule has 1 aromatic carbocycles. The van der Waals surface area contributed by atoms with Crippen LogP contribution in [-0.4, -0.2) is 16.7 Å². The van der Waals surface area contributed by atoms with E-state index in [1.54, 1.807) is 11.3 Å². The fraction of sp³-hybridized carbons (Fsp3) is 0.417. The van der Waals surface area contributed by atoms with E-state index in [1.807, 2.05) is 19.1 Å². The number of aryl methyl sites for hydroxylation is 1. The third-order valence-electron chi connectivity index (χ3n) is 2.65. The van der Waals surface area contributed by atoms with Crippen LogP contribution in [0.4, 0.5) is 0 Å². The highest BCUT2D eigenvalue weighted by molar-refractivity contribution is 7.18. The van der Waals surface area contributed by atoms with Crippen molar-refractivity contribution >= 4 is 21.6 Å². The first kappa shape index (κ1) is 10.6. The molecule has 0 aliphatic heterocycles. The molecule has 1 heterocycles. The van der Waals surface area contributed by atoms with Gasteiger partial charge in [0.2, 0.25) is 0 Å². The quantitative estimate of drug-likeness (QED) is 0.846. The van der Waals surface area contributed by atoms with Crippen LogP contribution in [0.3, 0.4) is 0 Å². The minimum Gasteiger partial charge on any atom is -0.395 e. The average Bonchev–Trinajstić information content (AvgIpc) is 2.57. The van der Waals surface area contributed by atoms with Crippen molar-refractivity contribution in [2.24, 2.45) is 0 Å². The van der Waals surface area contributed by atoms with Crippen LogP contribution in [0.25, 0.3) is 10.2 Å². The van der Waals surface area contributed by atoms with Crippen molar-refractivity contribution in [2.45, 2.75) is 26.2 Å². The molecule has 0 amide bonds. The highest BCUT2D eigenvalue weighted by atomic mass is 32.1. The predicted octanol–water partition coefficient (Wildman–Crippen LogP) is 2.87. The number of nitrogens with zero attached hydrogens (tertiary/aromatic N) is 1. The normalized spacial score (nSPS) is 12.3. The zero-order chi connectivity index (χ0) is 11.1. The lowest BCUT2D eigenvalue weighted by atomic mass is 9.85. The van der Waals surface area contributed by atoms with Crippen molar-refractivity contribution in [1.82, 2.24) is 4.98 Å². The lowest BCUT2D eigenvalue weighted by molar-refractivity contribution is 0.219. The minimum atomic E-state index is -0.196. The number of aliphatic hydroxyl groups excluding tert-OH is 1. The fourth-order valence-electron chi connectivity index (χ4n) is 1.68. The van der Waals surface area contributed by atoms with Gasteiger partial charge in [-0.1, -0.05) is 26.0 Å². The van der Waals surface area contributed by atoms with Crippen molar-refractivity contribution in [1.29, 1.82) is 0 Å². The third kappa shape index (κ3) is 1.77. The van der Waals surface area contributed by atoms with Crippen LogP contribution in [0.5, 0.6) is 0 Å². The Bertz CT molecular complexity index is 487. The molecule has 0 aliphatic rings. The molecule has 80 valence electrons. The van der Waals surface area contributed by atoms with E-state index in [0.717, 1.165) is 10.5 Å². The highest BCUT2D eigenvalue weighted by Crippen LogP contribution is 2.33. The number of fused-ring (bicyclic) bond motifs is 1. The second-order valence-corrected chi connectivity index (χ2v) is 5.63. The molecule has 0 bridgehead atoms. The fourth-order valence-corrected chi connectivity index (χ4v) is 2.79. The van der Waals surface area contributed by atoms with Crippen molar-refractivity contribution in [2.75, 3.05) is 6.61 Å². The number of thiazole rings is 1. The molecule has 3 heteroatoms. The van der Waals surface area contributed by atoms with Crippen LogP contribution < -0.4 is 0 Å². The van der Waals surface area contributed by atoms with Crippen LogP contribution in [0.15, 0.2) is 18.2 Å². The smallest absolute Gasteiger partial charge is 0.0907 e. The number of aliphatic hydroxyl groups is 1. The van der Waals surface area contributed by atoms with Crippen molar-refractivity contribution in [3.8, 4) is 0 Å². The molecule has 0 saturated heterocycles. The number of aromatic nitrogens is 1. The number of hydrogen-bond donors (Lipinski definition) is 1. The monoisotopic (exact) mass is 221 g/mol. The molecule has 0 aliphatic carbocycles. The maximum absolute atomic E-state index is 9.40. The van der Waals surface area contributed by atoms with Gasteiger partial charge in [0.05, 0.1) is 21.8 Å². The predicted molar refractivity (Wildman–Crippen MR) is 64.5 cm³/mol.